The normalized spacial score (nSPS) is 12.2. The first-order valence-electron chi connectivity index (χ1n) is 6.93. The topological polar surface area (TPSA) is 76.7 Å². The van der Waals surface area contributed by atoms with Crippen molar-refractivity contribution in [2.75, 3.05) is 11.9 Å². The van der Waals surface area contributed by atoms with Crippen LogP contribution in [0.3, 0.4) is 0 Å². The number of aromatic nitrogens is 3. The molecule has 1 atom stereocenters. The minimum absolute atomic E-state index is 0.133. The molecule has 3 aromatic rings. The van der Waals surface area contributed by atoms with Crippen LogP contribution in [0.4, 0.5) is 5.82 Å². The molecule has 0 saturated heterocycles. The third kappa shape index (κ3) is 3.32. The summed E-state index contributed by atoms with van der Waals surface area (Å²) >= 11 is 0. The van der Waals surface area contributed by atoms with Gasteiger partial charge in [0.25, 0.3) is 0 Å². The number of pyridine rings is 1. The molecule has 2 aromatic heterocycles. The van der Waals surface area contributed by atoms with E-state index in [2.05, 4.69) is 32.4 Å². The summed E-state index contributed by atoms with van der Waals surface area (Å²) in [4.78, 5) is 12.9. The Labute approximate surface area is 123 Å². The molecule has 1 aromatic carbocycles. The van der Waals surface area contributed by atoms with Crippen molar-refractivity contribution < 1.29 is 0 Å². The van der Waals surface area contributed by atoms with Crippen molar-refractivity contribution in [3.63, 3.8) is 0 Å². The van der Waals surface area contributed by atoms with Crippen molar-refractivity contribution in [3.05, 3.63) is 60.4 Å². The second kappa shape index (κ2) is 6.28. The second-order valence-corrected chi connectivity index (χ2v) is 4.86. The summed E-state index contributed by atoms with van der Waals surface area (Å²) in [6.07, 6.45) is 4.16. The summed E-state index contributed by atoms with van der Waals surface area (Å²) in [6.45, 7) is 0.537. The number of benzene rings is 1. The molecule has 0 fully saturated rings. The van der Waals surface area contributed by atoms with E-state index in [-0.39, 0.29) is 6.04 Å². The Morgan fingerprint density at radius 3 is 2.62 bits per heavy atom. The second-order valence-electron chi connectivity index (χ2n) is 4.86. The third-order valence-electron chi connectivity index (χ3n) is 3.29. The Balaban J connectivity index is 1.76. The number of nitrogens with one attached hydrogen (secondary N) is 1. The van der Waals surface area contributed by atoms with Gasteiger partial charge in [-0.25, -0.2) is 9.97 Å². The Bertz CT molecular complexity index is 714. The van der Waals surface area contributed by atoms with Gasteiger partial charge >= 0.3 is 0 Å². The van der Waals surface area contributed by atoms with Crippen LogP contribution in [-0.4, -0.2) is 27.5 Å². The van der Waals surface area contributed by atoms with Crippen LogP contribution in [0.5, 0.6) is 0 Å². The number of anilines is 1. The molecule has 5 heteroatoms. The van der Waals surface area contributed by atoms with E-state index < -0.39 is 0 Å². The van der Waals surface area contributed by atoms with E-state index in [1.54, 1.807) is 12.4 Å². The van der Waals surface area contributed by atoms with Gasteiger partial charge in [0, 0.05) is 25.0 Å². The molecular formula is C16H17N5. The number of rotatable bonds is 5. The summed E-state index contributed by atoms with van der Waals surface area (Å²) in [5, 5.41) is 3.37. The largest absolute Gasteiger partial charge is 0.366 e. The molecule has 0 amide bonds. The maximum absolute atomic E-state index is 5.86. The highest BCUT2D eigenvalue weighted by atomic mass is 15.0. The van der Waals surface area contributed by atoms with Crippen LogP contribution < -0.4 is 11.1 Å². The molecule has 2 heterocycles. The first-order chi connectivity index (χ1) is 10.3. The van der Waals surface area contributed by atoms with Gasteiger partial charge in [-0.15, -0.1) is 0 Å². The molecule has 0 aliphatic heterocycles. The Kier molecular flexibility index (Phi) is 4.02. The number of hydrogen-bond acceptors (Lipinski definition) is 5. The smallest absolute Gasteiger partial charge is 0.180 e. The van der Waals surface area contributed by atoms with Crippen LogP contribution in [-0.2, 0) is 6.42 Å². The highest BCUT2D eigenvalue weighted by Crippen LogP contribution is 2.12. The monoisotopic (exact) mass is 279 g/mol. The zero-order chi connectivity index (χ0) is 14.5. The van der Waals surface area contributed by atoms with Gasteiger partial charge in [0.15, 0.2) is 5.65 Å². The molecule has 0 saturated carbocycles. The van der Waals surface area contributed by atoms with Gasteiger partial charge in [-0.05, 0) is 24.1 Å². The molecule has 106 valence electrons. The van der Waals surface area contributed by atoms with E-state index in [0.29, 0.717) is 12.2 Å². The van der Waals surface area contributed by atoms with Gasteiger partial charge < -0.3 is 11.1 Å². The van der Waals surface area contributed by atoms with Crippen LogP contribution in [0, 0.1) is 0 Å². The fraction of sp³-hybridized carbons (Fsp3) is 0.188. The maximum atomic E-state index is 5.86. The molecule has 0 aliphatic rings. The Morgan fingerprint density at radius 2 is 1.81 bits per heavy atom. The van der Waals surface area contributed by atoms with Gasteiger partial charge in [-0.2, -0.15) is 0 Å². The minimum Gasteiger partial charge on any atom is -0.366 e. The lowest BCUT2D eigenvalue weighted by atomic mass is 10.1. The molecule has 1 unspecified atom stereocenters. The molecule has 0 aliphatic carbocycles. The van der Waals surface area contributed by atoms with E-state index in [0.717, 1.165) is 17.8 Å². The lowest BCUT2D eigenvalue weighted by Gasteiger charge is -2.17. The Morgan fingerprint density at radius 1 is 1.00 bits per heavy atom. The molecule has 0 spiro atoms. The van der Waals surface area contributed by atoms with E-state index in [9.17, 15) is 0 Å². The zero-order valence-electron chi connectivity index (χ0n) is 11.6. The average molecular weight is 279 g/mol. The Hall–Kier alpha value is -2.53. The van der Waals surface area contributed by atoms with Crippen LogP contribution in [0.25, 0.3) is 11.2 Å². The number of fused-ring (bicyclic) bond motifs is 1. The maximum Gasteiger partial charge on any atom is 0.180 e. The lowest BCUT2D eigenvalue weighted by molar-refractivity contribution is 0.720. The fourth-order valence-corrected chi connectivity index (χ4v) is 2.24. The molecule has 21 heavy (non-hydrogen) atoms. The lowest BCUT2D eigenvalue weighted by Crippen LogP contribution is -2.31. The quantitative estimate of drug-likeness (QED) is 0.747. The first kappa shape index (κ1) is 13.5. The van der Waals surface area contributed by atoms with Crippen molar-refractivity contribution in [2.45, 2.75) is 12.5 Å². The van der Waals surface area contributed by atoms with E-state index >= 15 is 0 Å². The minimum atomic E-state index is 0.133. The highest BCUT2D eigenvalue weighted by molar-refractivity contribution is 5.71. The van der Waals surface area contributed by atoms with E-state index in [1.165, 1.54) is 5.56 Å². The first-order valence-corrected chi connectivity index (χ1v) is 6.93. The number of hydrogen-bond donors (Lipinski definition) is 2. The average Bonchev–Trinajstić information content (AvgIpc) is 2.55. The summed E-state index contributed by atoms with van der Waals surface area (Å²) in [5.74, 6) is 0.773. The van der Waals surface area contributed by atoms with E-state index in [1.807, 2.05) is 30.3 Å². The third-order valence-corrected chi connectivity index (χ3v) is 3.29. The fourth-order valence-electron chi connectivity index (χ4n) is 2.24. The SMILES string of the molecule is NCC(Cc1ccccc1)Nc1ccc2nccnc2n1. The van der Waals surface area contributed by atoms with Gasteiger partial charge in [0.1, 0.15) is 11.3 Å². The van der Waals surface area contributed by atoms with E-state index in [4.69, 9.17) is 5.73 Å². The van der Waals surface area contributed by atoms with Gasteiger partial charge in [-0.1, -0.05) is 30.3 Å². The highest BCUT2D eigenvalue weighted by Gasteiger charge is 2.09. The van der Waals surface area contributed by atoms with Gasteiger partial charge in [0.2, 0.25) is 0 Å². The van der Waals surface area contributed by atoms with Gasteiger partial charge in [0.05, 0.1) is 0 Å². The standard InChI is InChI=1S/C16H17N5/c17-11-13(10-12-4-2-1-3-5-12)20-15-7-6-14-16(21-15)19-9-8-18-14/h1-9,13H,10-11,17H2,(H,19,20,21). The van der Waals surface area contributed by atoms with Crippen molar-refractivity contribution >= 4 is 17.0 Å². The zero-order valence-corrected chi connectivity index (χ0v) is 11.6. The molecule has 0 bridgehead atoms. The van der Waals surface area contributed by atoms with Crippen LogP contribution in [0.2, 0.25) is 0 Å². The van der Waals surface area contributed by atoms with Crippen molar-refractivity contribution in [1.29, 1.82) is 0 Å². The van der Waals surface area contributed by atoms with Crippen LogP contribution in [0.1, 0.15) is 5.56 Å². The summed E-state index contributed by atoms with van der Waals surface area (Å²) in [7, 11) is 0. The molecular weight excluding hydrogens is 262 g/mol. The van der Waals surface area contributed by atoms with Crippen molar-refractivity contribution in [2.24, 2.45) is 5.73 Å². The number of nitrogens with zero attached hydrogens (tertiary/aromatic N) is 3. The van der Waals surface area contributed by atoms with Crippen LogP contribution >= 0.6 is 0 Å². The molecule has 5 nitrogen and oxygen atoms in total. The van der Waals surface area contributed by atoms with Crippen molar-refractivity contribution in [1.82, 2.24) is 15.0 Å². The summed E-state index contributed by atoms with van der Waals surface area (Å²) in [6, 6.07) is 14.2. The predicted molar refractivity (Wildman–Crippen MR) is 83.9 cm³/mol. The van der Waals surface area contributed by atoms with Crippen LogP contribution in [0.15, 0.2) is 54.9 Å². The molecule has 0 radical (unpaired) electrons. The molecule has 3 rings (SSSR count). The number of nitrogens with two attached hydrogens (primary N) is 1. The van der Waals surface area contributed by atoms with Gasteiger partial charge in [-0.3, -0.25) is 4.98 Å². The van der Waals surface area contributed by atoms with Crippen molar-refractivity contribution in [3.8, 4) is 0 Å². The summed E-state index contributed by atoms with van der Waals surface area (Å²) < 4.78 is 0. The summed E-state index contributed by atoms with van der Waals surface area (Å²) in [5.41, 5.74) is 8.54. The molecule has 3 N–H and O–H groups in total. The predicted octanol–water partition coefficient (Wildman–Crippen LogP) is 2.01.